The number of fused-ring (bicyclic) bond motifs is 2. The summed E-state index contributed by atoms with van der Waals surface area (Å²) in [5.74, 6) is 0.648. The first-order valence-electron chi connectivity index (χ1n) is 9.84. The molecule has 5 rings (SSSR count). The van der Waals surface area contributed by atoms with Crippen LogP contribution in [0.1, 0.15) is 16.7 Å². The quantitative estimate of drug-likeness (QED) is 0.475. The van der Waals surface area contributed by atoms with Gasteiger partial charge in [0.2, 0.25) is 0 Å². The number of aromatic nitrogens is 1. The molecule has 9 nitrogen and oxygen atoms in total. The van der Waals surface area contributed by atoms with Crippen molar-refractivity contribution in [3.8, 4) is 6.07 Å². The lowest BCUT2D eigenvalue weighted by Crippen LogP contribution is -2.33. The van der Waals surface area contributed by atoms with E-state index in [4.69, 9.17) is 4.74 Å². The molecule has 0 aliphatic carbocycles. The molecule has 0 saturated carbocycles. The first kappa shape index (κ1) is 18.8. The van der Waals surface area contributed by atoms with E-state index in [0.29, 0.717) is 48.5 Å². The minimum absolute atomic E-state index is 0.0709. The van der Waals surface area contributed by atoms with Gasteiger partial charge in [-0.05, 0) is 35.7 Å². The second kappa shape index (κ2) is 7.25. The van der Waals surface area contributed by atoms with Gasteiger partial charge in [-0.25, -0.2) is 9.78 Å². The van der Waals surface area contributed by atoms with Gasteiger partial charge in [-0.1, -0.05) is 12.1 Å². The van der Waals surface area contributed by atoms with Crippen LogP contribution in [0.15, 0.2) is 42.5 Å². The van der Waals surface area contributed by atoms with Crippen molar-refractivity contribution in [1.82, 2.24) is 4.98 Å². The molecule has 3 heterocycles. The molecule has 3 aromatic rings. The number of nitro groups is 1. The predicted molar refractivity (Wildman–Crippen MR) is 113 cm³/mol. The highest BCUT2D eigenvalue weighted by Gasteiger charge is 2.29. The summed E-state index contributed by atoms with van der Waals surface area (Å²) in [6.07, 6.45) is 0.400. The highest BCUT2D eigenvalue weighted by molar-refractivity contribution is 5.91. The zero-order valence-corrected chi connectivity index (χ0v) is 16.4. The maximum Gasteiger partial charge on any atom is 0.414 e. The van der Waals surface area contributed by atoms with Gasteiger partial charge in [0, 0.05) is 30.6 Å². The molecule has 0 radical (unpaired) electrons. The van der Waals surface area contributed by atoms with Crippen molar-refractivity contribution in [3.05, 3.63) is 69.3 Å². The molecule has 0 N–H and O–H groups in total. The zero-order valence-electron chi connectivity index (χ0n) is 16.4. The van der Waals surface area contributed by atoms with Crippen LogP contribution in [0.25, 0.3) is 10.9 Å². The van der Waals surface area contributed by atoms with Crippen LogP contribution in [0.4, 0.5) is 22.0 Å². The number of hydrogen-bond donors (Lipinski definition) is 0. The third-order valence-electron chi connectivity index (χ3n) is 5.73. The number of pyridine rings is 1. The number of anilines is 2. The van der Waals surface area contributed by atoms with Crippen molar-refractivity contribution in [2.75, 3.05) is 29.5 Å². The molecule has 0 spiro atoms. The van der Waals surface area contributed by atoms with E-state index < -0.39 is 4.92 Å². The summed E-state index contributed by atoms with van der Waals surface area (Å²) in [6, 6.07) is 14.1. The molecule has 0 atom stereocenters. The normalized spacial score (nSPS) is 15.5. The van der Waals surface area contributed by atoms with Gasteiger partial charge in [-0.3, -0.25) is 15.0 Å². The lowest BCUT2D eigenvalue weighted by molar-refractivity contribution is -0.384. The van der Waals surface area contributed by atoms with Gasteiger partial charge in [0.05, 0.1) is 34.3 Å². The molecule has 0 unspecified atom stereocenters. The maximum atomic E-state index is 12.0. The molecule has 1 aromatic heterocycles. The Hall–Kier alpha value is -4.19. The first-order valence-corrected chi connectivity index (χ1v) is 9.84. The second-order valence-corrected chi connectivity index (χ2v) is 7.45. The predicted octanol–water partition coefficient (Wildman–Crippen LogP) is 3.53. The Bertz CT molecular complexity index is 1280. The minimum Gasteiger partial charge on any atom is -0.447 e. The smallest absolute Gasteiger partial charge is 0.414 e. The van der Waals surface area contributed by atoms with Gasteiger partial charge in [0.15, 0.2) is 0 Å². The monoisotopic (exact) mass is 415 g/mol. The molecule has 2 aromatic carbocycles. The van der Waals surface area contributed by atoms with Crippen molar-refractivity contribution in [2.24, 2.45) is 0 Å². The third kappa shape index (κ3) is 3.18. The zero-order chi connectivity index (χ0) is 21.5. The minimum atomic E-state index is -0.482. The Labute approximate surface area is 177 Å². The Balaban J connectivity index is 1.50. The number of nitriles is 1. The highest BCUT2D eigenvalue weighted by atomic mass is 16.6. The SMILES string of the molecule is N#Cc1cc(N2CCc3c(cccc3N3CCOC3=O)C2)nc2ccc([N+](=O)[O-])cc12. The number of nitro benzene ring substituents is 1. The van der Waals surface area contributed by atoms with Gasteiger partial charge in [0.1, 0.15) is 12.4 Å². The van der Waals surface area contributed by atoms with E-state index >= 15 is 0 Å². The van der Waals surface area contributed by atoms with Crippen molar-refractivity contribution < 1.29 is 14.5 Å². The molecule has 154 valence electrons. The Morgan fingerprint density at radius 1 is 1.19 bits per heavy atom. The van der Waals surface area contributed by atoms with E-state index in [1.54, 1.807) is 17.0 Å². The average molecular weight is 415 g/mol. The van der Waals surface area contributed by atoms with Crippen LogP contribution in [0.5, 0.6) is 0 Å². The summed E-state index contributed by atoms with van der Waals surface area (Å²) in [4.78, 5) is 31.0. The van der Waals surface area contributed by atoms with Gasteiger partial charge in [0.25, 0.3) is 5.69 Å². The summed E-state index contributed by atoms with van der Waals surface area (Å²) >= 11 is 0. The maximum absolute atomic E-state index is 12.0. The van der Waals surface area contributed by atoms with Crippen molar-refractivity contribution in [3.63, 3.8) is 0 Å². The van der Waals surface area contributed by atoms with Crippen molar-refractivity contribution in [1.29, 1.82) is 5.26 Å². The highest BCUT2D eigenvalue weighted by Crippen LogP contribution is 2.33. The fourth-order valence-electron chi connectivity index (χ4n) is 4.22. The van der Waals surface area contributed by atoms with Crippen LogP contribution in [0.3, 0.4) is 0 Å². The second-order valence-electron chi connectivity index (χ2n) is 7.45. The third-order valence-corrected chi connectivity index (χ3v) is 5.73. The molecule has 2 aliphatic rings. The fourth-order valence-corrected chi connectivity index (χ4v) is 4.22. The van der Waals surface area contributed by atoms with Crippen LogP contribution in [-0.2, 0) is 17.7 Å². The van der Waals surface area contributed by atoms with Crippen LogP contribution in [0, 0.1) is 21.4 Å². The lowest BCUT2D eigenvalue weighted by Gasteiger charge is -2.32. The summed E-state index contributed by atoms with van der Waals surface area (Å²) in [7, 11) is 0. The lowest BCUT2D eigenvalue weighted by atomic mass is 9.97. The molecular formula is C22H17N5O4. The number of ether oxygens (including phenoxy) is 1. The van der Waals surface area contributed by atoms with Crippen LogP contribution in [-0.4, -0.2) is 35.7 Å². The number of amides is 1. The first-order chi connectivity index (χ1) is 15.0. The van der Waals surface area contributed by atoms with Crippen LogP contribution >= 0.6 is 0 Å². The molecule has 31 heavy (non-hydrogen) atoms. The molecule has 1 amide bonds. The number of non-ortho nitro benzene ring substituents is 1. The summed E-state index contributed by atoms with van der Waals surface area (Å²) < 4.78 is 5.08. The molecule has 1 saturated heterocycles. The van der Waals surface area contributed by atoms with Gasteiger partial charge in [-0.15, -0.1) is 0 Å². The summed E-state index contributed by atoms with van der Waals surface area (Å²) in [5.41, 5.74) is 3.92. The van der Waals surface area contributed by atoms with E-state index in [2.05, 4.69) is 16.0 Å². The summed E-state index contributed by atoms with van der Waals surface area (Å²) in [5, 5.41) is 21.2. The fraction of sp³-hybridized carbons (Fsp3) is 0.227. The molecule has 0 bridgehead atoms. The number of rotatable bonds is 3. The van der Waals surface area contributed by atoms with Crippen molar-refractivity contribution >= 4 is 34.2 Å². The van der Waals surface area contributed by atoms with Crippen LogP contribution in [0.2, 0.25) is 0 Å². The molecule has 2 aliphatic heterocycles. The van der Waals surface area contributed by atoms with Gasteiger partial charge < -0.3 is 9.64 Å². The van der Waals surface area contributed by atoms with E-state index in [1.165, 1.54) is 12.1 Å². The molecule has 1 fully saturated rings. The number of carbonyl (C=O) groups is 1. The average Bonchev–Trinajstić information content (AvgIpc) is 3.22. The van der Waals surface area contributed by atoms with E-state index in [-0.39, 0.29) is 11.8 Å². The largest absolute Gasteiger partial charge is 0.447 e. The molecular weight excluding hydrogens is 398 g/mol. The number of hydrogen-bond acceptors (Lipinski definition) is 7. The van der Waals surface area contributed by atoms with E-state index in [1.807, 2.05) is 18.2 Å². The Kier molecular flexibility index (Phi) is 4.40. The van der Waals surface area contributed by atoms with E-state index in [0.717, 1.165) is 23.2 Å². The number of nitrogens with zero attached hydrogens (tertiary/aromatic N) is 5. The van der Waals surface area contributed by atoms with Crippen LogP contribution < -0.4 is 9.80 Å². The Morgan fingerprint density at radius 3 is 2.81 bits per heavy atom. The number of carbonyl (C=O) groups excluding carboxylic acids is 1. The van der Waals surface area contributed by atoms with E-state index in [9.17, 15) is 20.2 Å². The number of benzene rings is 2. The standard InChI is InChI=1S/C22H17N5O4/c23-12-15-10-21(24-19-5-4-16(27(29)30)11-18(15)19)25-7-6-17-14(13-25)2-1-3-20(17)26-8-9-31-22(26)28/h1-5,10-11H,6-9,13H2. The van der Waals surface area contributed by atoms with Crippen molar-refractivity contribution in [2.45, 2.75) is 13.0 Å². The Morgan fingerprint density at radius 2 is 2.06 bits per heavy atom. The van der Waals surface area contributed by atoms with Gasteiger partial charge >= 0.3 is 6.09 Å². The molecule has 9 heteroatoms. The number of cyclic esters (lactones) is 1. The summed E-state index contributed by atoms with van der Waals surface area (Å²) in [6.45, 7) is 2.19. The topological polar surface area (TPSA) is 113 Å². The van der Waals surface area contributed by atoms with Gasteiger partial charge in [-0.2, -0.15) is 5.26 Å².